The Bertz CT molecular complexity index is 995. The number of anilines is 1. The molecule has 1 fully saturated rings. The predicted octanol–water partition coefficient (Wildman–Crippen LogP) is 3.75. The van der Waals surface area contributed by atoms with Gasteiger partial charge in [-0.2, -0.15) is 0 Å². The molecule has 1 aromatic carbocycles. The van der Waals surface area contributed by atoms with Crippen LogP contribution in [0.1, 0.15) is 30.1 Å². The summed E-state index contributed by atoms with van der Waals surface area (Å²) in [6, 6.07) is 9.18. The van der Waals surface area contributed by atoms with Gasteiger partial charge in [-0.15, -0.1) is 11.3 Å². The van der Waals surface area contributed by atoms with Gasteiger partial charge in [0.05, 0.1) is 10.3 Å². The maximum atomic E-state index is 13.6. The Balaban J connectivity index is 1.76. The van der Waals surface area contributed by atoms with Crippen molar-refractivity contribution in [3.8, 4) is 10.4 Å². The van der Waals surface area contributed by atoms with E-state index in [0.29, 0.717) is 11.6 Å². The first-order valence-corrected chi connectivity index (χ1v) is 9.81. The van der Waals surface area contributed by atoms with E-state index in [1.807, 2.05) is 12.1 Å². The van der Waals surface area contributed by atoms with Gasteiger partial charge in [-0.25, -0.2) is 9.37 Å². The minimum Gasteiger partial charge on any atom is -0.366 e. The highest BCUT2D eigenvalue weighted by Gasteiger charge is 2.21. The number of nitrogens with zero attached hydrogens (tertiary/aromatic N) is 1. The van der Waals surface area contributed by atoms with Gasteiger partial charge < -0.3 is 16.4 Å². The van der Waals surface area contributed by atoms with E-state index in [0.717, 1.165) is 45.7 Å². The average molecular weight is 384 g/mol. The summed E-state index contributed by atoms with van der Waals surface area (Å²) in [5.74, 6) is -0.0749. The average Bonchev–Trinajstić information content (AvgIpc) is 3.09. The van der Waals surface area contributed by atoms with Crippen molar-refractivity contribution in [2.24, 2.45) is 5.73 Å². The number of nitrogens with two attached hydrogens (primary N) is 1. The molecule has 140 valence electrons. The summed E-state index contributed by atoms with van der Waals surface area (Å²) in [7, 11) is 0. The number of piperidine rings is 1. The number of primary amides is 1. The zero-order chi connectivity index (χ0) is 19.0. The number of hydrogen-bond acceptors (Lipinski definition) is 5. The van der Waals surface area contributed by atoms with Gasteiger partial charge in [0.1, 0.15) is 11.6 Å². The zero-order valence-corrected chi connectivity index (χ0v) is 15.8. The molecule has 0 saturated carbocycles. The minimum atomic E-state index is -0.514. The number of carbonyl (C=O) groups is 1. The van der Waals surface area contributed by atoms with E-state index >= 15 is 0 Å². The Morgan fingerprint density at radius 3 is 2.93 bits per heavy atom. The van der Waals surface area contributed by atoms with E-state index in [2.05, 4.69) is 22.5 Å². The summed E-state index contributed by atoms with van der Waals surface area (Å²) in [4.78, 5) is 17.2. The number of benzene rings is 1. The van der Waals surface area contributed by atoms with Gasteiger partial charge in [0, 0.05) is 35.1 Å². The van der Waals surface area contributed by atoms with Gasteiger partial charge in [0.2, 0.25) is 0 Å². The van der Waals surface area contributed by atoms with Crippen LogP contribution in [0, 0.1) is 5.82 Å². The number of nitrogens with one attached hydrogen (secondary N) is 2. The van der Waals surface area contributed by atoms with E-state index < -0.39 is 5.91 Å². The number of aromatic nitrogens is 1. The van der Waals surface area contributed by atoms with Gasteiger partial charge in [-0.1, -0.05) is 12.1 Å². The van der Waals surface area contributed by atoms with E-state index in [4.69, 9.17) is 5.73 Å². The molecule has 0 radical (unpaired) electrons. The molecule has 3 aromatic rings. The Morgan fingerprint density at radius 1 is 1.37 bits per heavy atom. The molecule has 0 bridgehead atoms. The predicted molar refractivity (Wildman–Crippen MR) is 108 cm³/mol. The van der Waals surface area contributed by atoms with Crippen LogP contribution in [0.4, 0.5) is 10.2 Å². The fourth-order valence-corrected chi connectivity index (χ4v) is 4.58. The molecule has 1 aliphatic heterocycles. The van der Waals surface area contributed by atoms with Crippen molar-refractivity contribution in [1.29, 1.82) is 0 Å². The molecule has 2 aromatic heterocycles. The molecule has 3 heterocycles. The fraction of sp³-hybridized carbons (Fsp3) is 0.300. The van der Waals surface area contributed by atoms with E-state index in [-0.39, 0.29) is 11.9 Å². The first-order chi connectivity index (χ1) is 13.0. The van der Waals surface area contributed by atoms with Crippen molar-refractivity contribution in [1.82, 2.24) is 10.3 Å². The summed E-state index contributed by atoms with van der Waals surface area (Å²) < 4.78 is 14.4. The normalized spacial score (nSPS) is 19.9. The van der Waals surface area contributed by atoms with Crippen LogP contribution in [0.3, 0.4) is 0 Å². The second-order valence-electron chi connectivity index (χ2n) is 6.98. The number of halogens is 1. The summed E-state index contributed by atoms with van der Waals surface area (Å²) in [5.41, 5.74) is 6.70. The third kappa shape index (κ3) is 3.65. The van der Waals surface area contributed by atoms with E-state index in [1.165, 1.54) is 29.7 Å². The number of fused-ring (bicyclic) bond motifs is 1. The third-order valence-corrected chi connectivity index (χ3v) is 6.15. The molecule has 1 amide bonds. The van der Waals surface area contributed by atoms with Gasteiger partial charge in [0.25, 0.3) is 5.91 Å². The Morgan fingerprint density at radius 2 is 2.22 bits per heavy atom. The standard InChI is InChI=1S/C20H21FN4OS/c1-11-5-6-14(9-23-11)25-20-15-8-17(12-3-2-4-13(21)7-12)27-18(15)16(10-24-20)19(22)26/h2-4,7-8,10-11,14,23H,5-6,9H2,1H3,(H2,22,26)(H,24,25). The van der Waals surface area contributed by atoms with Crippen LogP contribution in [0.15, 0.2) is 36.5 Å². The van der Waals surface area contributed by atoms with Gasteiger partial charge >= 0.3 is 0 Å². The summed E-state index contributed by atoms with van der Waals surface area (Å²) >= 11 is 1.43. The van der Waals surface area contributed by atoms with E-state index in [1.54, 1.807) is 6.07 Å². The van der Waals surface area contributed by atoms with Crippen LogP contribution in [-0.4, -0.2) is 29.5 Å². The number of pyridine rings is 1. The van der Waals surface area contributed by atoms with Gasteiger partial charge in [-0.3, -0.25) is 4.79 Å². The molecule has 0 spiro atoms. The van der Waals surface area contributed by atoms with Crippen molar-refractivity contribution in [3.63, 3.8) is 0 Å². The lowest BCUT2D eigenvalue weighted by Crippen LogP contribution is -2.43. The largest absolute Gasteiger partial charge is 0.366 e. The molecule has 1 aliphatic rings. The minimum absolute atomic E-state index is 0.272. The topological polar surface area (TPSA) is 80.0 Å². The van der Waals surface area contributed by atoms with Crippen molar-refractivity contribution in [3.05, 3.63) is 47.9 Å². The molecule has 1 saturated heterocycles. The van der Waals surface area contributed by atoms with Crippen molar-refractivity contribution in [2.75, 3.05) is 11.9 Å². The van der Waals surface area contributed by atoms with E-state index in [9.17, 15) is 9.18 Å². The lowest BCUT2D eigenvalue weighted by Gasteiger charge is -2.28. The van der Waals surface area contributed by atoms with Crippen LogP contribution in [0.25, 0.3) is 20.5 Å². The quantitative estimate of drug-likeness (QED) is 0.640. The van der Waals surface area contributed by atoms with Crippen molar-refractivity contribution in [2.45, 2.75) is 31.8 Å². The Labute approximate surface area is 160 Å². The maximum Gasteiger partial charge on any atom is 0.251 e. The molecule has 2 unspecified atom stereocenters. The van der Waals surface area contributed by atoms with Crippen molar-refractivity contribution >= 4 is 33.1 Å². The first-order valence-electron chi connectivity index (χ1n) is 8.99. The highest BCUT2D eigenvalue weighted by atomic mass is 32.1. The second-order valence-corrected chi connectivity index (χ2v) is 8.03. The molecular formula is C20H21FN4OS. The maximum absolute atomic E-state index is 13.6. The molecule has 27 heavy (non-hydrogen) atoms. The van der Waals surface area contributed by atoms with Crippen LogP contribution in [0.2, 0.25) is 0 Å². The Kier molecular flexibility index (Phi) is 4.80. The zero-order valence-electron chi connectivity index (χ0n) is 15.0. The molecule has 2 atom stereocenters. The first kappa shape index (κ1) is 17.9. The van der Waals surface area contributed by atoms with Crippen molar-refractivity contribution < 1.29 is 9.18 Å². The molecule has 4 rings (SSSR count). The molecule has 5 nitrogen and oxygen atoms in total. The number of thiophene rings is 1. The number of rotatable bonds is 4. The Hall–Kier alpha value is -2.51. The van der Waals surface area contributed by atoms with Crippen LogP contribution < -0.4 is 16.4 Å². The van der Waals surface area contributed by atoms with Gasteiger partial charge in [-0.05, 0) is 43.5 Å². The van der Waals surface area contributed by atoms with Crippen LogP contribution in [-0.2, 0) is 0 Å². The second kappa shape index (κ2) is 7.25. The highest BCUT2D eigenvalue weighted by Crippen LogP contribution is 2.38. The third-order valence-electron chi connectivity index (χ3n) is 4.93. The van der Waals surface area contributed by atoms with Crippen LogP contribution in [0.5, 0.6) is 0 Å². The lowest BCUT2D eigenvalue weighted by molar-refractivity contribution is 0.100. The number of amides is 1. The lowest BCUT2D eigenvalue weighted by atomic mass is 10.0. The van der Waals surface area contributed by atoms with Crippen LogP contribution >= 0.6 is 11.3 Å². The molecule has 4 N–H and O–H groups in total. The van der Waals surface area contributed by atoms with Gasteiger partial charge in [0.15, 0.2) is 0 Å². The molecule has 7 heteroatoms. The monoisotopic (exact) mass is 384 g/mol. The SMILES string of the molecule is CC1CCC(Nc2ncc(C(N)=O)c3sc(-c4cccc(F)c4)cc23)CN1. The molecule has 0 aliphatic carbocycles. The fourth-order valence-electron chi connectivity index (χ4n) is 3.41. The summed E-state index contributed by atoms with van der Waals surface area (Å²) in [6.07, 6.45) is 3.67. The summed E-state index contributed by atoms with van der Waals surface area (Å²) in [6.45, 7) is 3.04. The number of carbonyl (C=O) groups excluding carboxylic acids is 1. The summed E-state index contributed by atoms with van der Waals surface area (Å²) in [5, 5.41) is 7.80. The highest BCUT2D eigenvalue weighted by molar-refractivity contribution is 7.22. The smallest absolute Gasteiger partial charge is 0.251 e. The molecular weight excluding hydrogens is 363 g/mol. The number of hydrogen-bond donors (Lipinski definition) is 3.